The van der Waals surface area contributed by atoms with Crippen LogP contribution in [-0.2, 0) is 0 Å². The molecule has 0 N–H and O–H groups in total. The Hall–Kier alpha value is -0.420. The van der Waals surface area contributed by atoms with E-state index in [-0.39, 0.29) is 0 Å². The second-order valence-corrected chi connectivity index (χ2v) is 1.08. The quantitative estimate of drug-likeness (QED) is 0.384. The van der Waals surface area contributed by atoms with Crippen LogP contribution in [0.3, 0.4) is 0 Å². The summed E-state index contributed by atoms with van der Waals surface area (Å²) in [5, 5.41) is 7.83. The molecule has 0 rings (SSSR count). The highest BCUT2D eigenvalue weighted by molar-refractivity contribution is 7.80. The van der Waals surface area contributed by atoms with Gasteiger partial charge in [0, 0.05) is 11.8 Å². The van der Waals surface area contributed by atoms with Gasteiger partial charge in [-0.15, -0.1) is 0 Å². The maximum Gasteiger partial charge on any atom is 0.0908 e. The Labute approximate surface area is 42.7 Å². The van der Waals surface area contributed by atoms with Crippen molar-refractivity contribution in [2.24, 2.45) is 0 Å². The van der Waals surface area contributed by atoms with E-state index >= 15 is 0 Å². The van der Waals surface area contributed by atoms with Gasteiger partial charge in [-0.2, -0.15) is 17.9 Å². The molecule has 0 aromatic heterocycles. The number of thiol groups is 1. The van der Waals surface area contributed by atoms with Crippen LogP contribution in [0.4, 0.5) is 0 Å². The molecule has 0 aliphatic carbocycles. The van der Waals surface area contributed by atoms with Crippen molar-refractivity contribution in [2.45, 2.75) is 0 Å². The summed E-state index contributed by atoms with van der Waals surface area (Å²) < 4.78 is 0. The van der Waals surface area contributed by atoms with Crippen LogP contribution in [0, 0.1) is 11.3 Å². The van der Waals surface area contributed by atoms with Crippen LogP contribution in [0.5, 0.6) is 0 Å². The molecule has 0 atom stereocenters. The summed E-state index contributed by atoms with van der Waals surface area (Å²) in [4.78, 5) is 0. The van der Waals surface area contributed by atoms with Gasteiger partial charge in [0.15, 0.2) is 0 Å². The Morgan fingerprint density at radius 2 is 2.50 bits per heavy atom. The maximum absolute atomic E-state index is 7.83. The molecule has 0 aliphatic heterocycles. The number of allylic oxidation sites excluding steroid dienone is 1. The van der Waals surface area contributed by atoms with Gasteiger partial charge in [-0.1, -0.05) is 6.08 Å². The first-order valence-corrected chi connectivity index (χ1v) is 2.20. The predicted molar refractivity (Wildman–Crippen MR) is 28.6 cm³/mol. The Balaban J connectivity index is 3.02. The zero-order valence-corrected chi connectivity index (χ0v) is 4.15. The van der Waals surface area contributed by atoms with E-state index in [1.54, 1.807) is 6.08 Å². The lowest BCUT2D eigenvalue weighted by Crippen LogP contribution is -1.53. The number of hydrogen-bond acceptors (Lipinski definition) is 2. The summed E-state index contributed by atoms with van der Waals surface area (Å²) in [6.07, 6.45) is 3.09. The molecule has 6 heavy (non-hydrogen) atoms. The molecule has 0 bridgehead atoms. The molecule has 0 fully saturated rings. The van der Waals surface area contributed by atoms with Crippen LogP contribution in [0.2, 0.25) is 0 Å². The highest BCUT2D eigenvalue weighted by Gasteiger charge is 1.58. The monoisotopic (exact) mass is 99.0 g/mol. The Bertz CT molecular complexity index is 80.0. The average molecular weight is 99.2 g/mol. The first-order valence-electron chi connectivity index (χ1n) is 1.57. The van der Waals surface area contributed by atoms with Crippen molar-refractivity contribution in [3.05, 3.63) is 12.2 Å². The molecular formula is C4H5NS. The van der Waals surface area contributed by atoms with Crippen molar-refractivity contribution >= 4 is 12.6 Å². The molecule has 32 valence electrons. The summed E-state index contributed by atoms with van der Waals surface area (Å²) in [5.41, 5.74) is 0. The second kappa shape index (κ2) is 4.58. The van der Waals surface area contributed by atoms with Crippen LogP contribution in [0.1, 0.15) is 0 Å². The van der Waals surface area contributed by atoms with Crippen molar-refractivity contribution in [1.29, 1.82) is 5.26 Å². The fourth-order valence-electron chi connectivity index (χ4n) is 0.105. The number of nitrogens with zero attached hydrogens (tertiary/aromatic N) is 1. The topological polar surface area (TPSA) is 23.8 Å². The minimum Gasteiger partial charge on any atom is -0.193 e. The Morgan fingerprint density at radius 3 is 2.67 bits per heavy atom. The van der Waals surface area contributed by atoms with Crippen molar-refractivity contribution < 1.29 is 0 Å². The molecular weight excluding hydrogens is 94.1 g/mol. The fourth-order valence-corrected chi connectivity index (χ4v) is 0.211. The van der Waals surface area contributed by atoms with Crippen molar-refractivity contribution in [3.8, 4) is 6.07 Å². The molecule has 0 heterocycles. The molecule has 0 amide bonds. The van der Waals surface area contributed by atoms with E-state index in [0.29, 0.717) is 5.75 Å². The Kier molecular flexibility index (Phi) is 4.26. The lowest BCUT2D eigenvalue weighted by molar-refractivity contribution is 1.53. The van der Waals surface area contributed by atoms with E-state index in [1.807, 2.05) is 6.07 Å². The molecule has 0 aromatic carbocycles. The summed E-state index contributed by atoms with van der Waals surface area (Å²) in [7, 11) is 0. The molecule has 0 radical (unpaired) electrons. The third-order valence-electron chi connectivity index (χ3n) is 0.298. The largest absolute Gasteiger partial charge is 0.193 e. The van der Waals surface area contributed by atoms with Gasteiger partial charge in [-0.25, -0.2) is 0 Å². The van der Waals surface area contributed by atoms with E-state index in [2.05, 4.69) is 12.6 Å². The lowest BCUT2D eigenvalue weighted by atomic mass is 10.6. The predicted octanol–water partition coefficient (Wildman–Crippen LogP) is 0.996. The molecule has 0 unspecified atom stereocenters. The number of nitriles is 1. The first kappa shape index (κ1) is 5.58. The molecule has 0 saturated heterocycles. The first-order chi connectivity index (χ1) is 2.91. The fraction of sp³-hybridized carbons (Fsp3) is 0.250. The SMILES string of the molecule is N#C/C=C/CS. The van der Waals surface area contributed by atoms with Gasteiger partial charge >= 0.3 is 0 Å². The maximum atomic E-state index is 7.83. The molecule has 1 nitrogen and oxygen atoms in total. The van der Waals surface area contributed by atoms with Gasteiger partial charge in [-0.3, -0.25) is 0 Å². The van der Waals surface area contributed by atoms with Gasteiger partial charge in [0.25, 0.3) is 0 Å². The number of hydrogen-bond donors (Lipinski definition) is 1. The summed E-state index contributed by atoms with van der Waals surface area (Å²) in [6.45, 7) is 0. The van der Waals surface area contributed by atoms with Crippen molar-refractivity contribution in [3.63, 3.8) is 0 Å². The number of rotatable bonds is 1. The van der Waals surface area contributed by atoms with E-state index in [1.165, 1.54) is 6.08 Å². The molecule has 0 aromatic rings. The zero-order chi connectivity index (χ0) is 4.83. The molecule has 0 aliphatic rings. The smallest absolute Gasteiger partial charge is 0.0908 e. The van der Waals surface area contributed by atoms with E-state index in [0.717, 1.165) is 0 Å². The summed E-state index contributed by atoms with van der Waals surface area (Å²) in [5.74, 6) is 0.646. The molecule has 2 heteroatoms. The Morgan fingerprint density at radius 1 is 1.83 bits per heavy atom. The van der Waals surface area contributed by atoms with Gasteiger partial charge in [0.2, 0.25) is 0 Å². The van der Waals surface area contributed by atoms with Crippen molar-refractivity contribution in [1.82, 2.24) is 0 Å². The standard InChI is InChI=1S/C4H5NS/c5-3-1-2-4-6/h1-2,6H,4H2/b2-1+. The minimum absolute atomic E-state index is 0.646. The van der Waals surface area contributed by atoms with Crippen LogP contribution in [0.25, 0.3) is 0 Å². The third kappa shape index (κ3) is 3.58. The average Bonchev–Trinajstić information content (AvgIpc) is 1.61. The second-order valence-electron chi connectivity index (χ2n) is 0.714. The molecule has 0 spiro atoms. The van der Waals surface area contributed by atoms with E-state index in [9.17, 15) is 0 Å². The lowest BCUT2D eigenvalue weighted by Gasteiger charge is -1.63. The highest BCUT2D eigenvalue weighted by Crippen LogP contribution is 1.72. The van der Waals surface area contributed by atoms with Crippen LogP contribution >= 0.6 is 12.6 Å². The van der Waals surface area contributed by atoms with E-state index < -0.39 is 0 Å². The van der Waals surface area contributed by atoms with Crippen LogP contribution in [0.15, 0.2) is 12.2 Å². The summed E-state index contributed by atoms with van der Waals surface area (Å²) in [6, 6.07) is 1.84. The normalized spacial score (nSPS) is 8.67. The van der Waals surface area contributed by atoms with Crippen LogP contribution < -0.4 is 0 Å². The zero-order valence-electron chi connectivity index (χ0n) is 3.26. The van der Waals surface area contributed by atoms with E-state index in [4.69, 9.17) is 5.26 Å². The van der Waals surface area contributed by atoms with Crippen molar-refractivity contribution in [2.75, 3.05) is 5.75 Å². The van der Waals surface area contributed by atoms with Crippen LogP contribution in [-0.4, -0.2) is 5.75 Å². The third-order valence-corrected chi connectivity index (χ3v) is 0.509. The summed E-state index contributed by atoms with van der Waals surface area (Å²) >= 11 is 3.82. The highest BCUT2D eigenvalue weighted by atomic mass is 32.1. The minimum atomic E-state index is 0.646. The van der Waals surface area contributed by atoms with Gasteiger partial charge in [0.1, 0.15) is 0 Å². The van der Waals surface area contributed by atoms with Gasteiger partial charge in [0.05, 0.1) is 6.07 Å². The van der Waals surface area contributed by atoms with Gasteiger partial charge < -0.3 is 0 Å². The molecule has 0 saturated carbocycles. The van der Waals surface area contributed by atoms with Gasteiger partial charge in [-0.05, 0) is 0 Å².